The number of carbonyl (C=O) groups is 1. The van der Waals surface area contributed by atoms with Gasteiger partial charge in [-0.05, 0) is 55.3 Å². The SMILES string of the molecule is COc1ccc(NC(=O)Oc2cc(-c3cccc(C)c3C)nc(Nc3ccc(OCCNC(C)C)c(Cl)c3)n2)c(OC)c1. The largest absolute Gasteiger partial charge is 0.497 e. The Labute approximate surface area is 256 Å². The van der Waals surface area contributed by atoms with Crippen molar-refractivity contribution in [2.45, 2.75) is 33.7 Å². The highest BCUT2D eigenvalue weighted by Crippen LogP contribution is 2.32. The van der Waals surface area contributed by atoms with E-state index in [-0.39, 0.29) is 11.8 Å². The number of rotatable bonds is 12. The van der Waals surface area contributed by atoms with Gasteiger partial charge in [0.2, 0.25) is 11.8 Å². The fourth-order valence-corrected chi connectivity index (χ4v) is 4.40. The predicted molar refractivity (Wildman–Crippen MR) is 170 cm³/mol. The molecule has 1 amide bonds. The zero-order valence-corrected chi connectivity index (χ0v) is 25.8. The van der Waals surface area contributed by atoms with Crippen LogP contribution in [0.3, 0.4) is 0 Å². The van der Waals surface area contributed by atoms with Crippen molar-refractivity contribution in [1.82, 2.24) is 15.3 Å². The van der Waals surface area contributed by atoms with Crippen molar-refractivity contribution < 1.29 is 23.7 Å². The summed E-state index contributed by atoms with van der Waals surface area (Å²) in [6.45, 7) is 9.37. The molecule has 43 heavy (non-hydrogen) atoms. The monoisotopic (exact) mass is 605 g/mol. The predicted octanol–water partition coefficient (Wildman–Crippen LogP) is 7.16. The number of aromatic nitrogens is 2. The summed E-state index contributed by atoms with van der Waals surface area (Å²) in [5.41, 5.74) is 4.64. The smallest absolute Gasteiger partial charge is 0.418 e. The lowest BCUT2D eigenvalue weighted by atomic mass is 10.0. The minimum atomic E-state index is -0.753. The Bertz CT molecular complexity index is 1580. The molecule has 0 fully saturated rings. The molecule has 0 atom stereocenters. The molecule has 3 N–H and O–H groups in total. The van der Waals surface area contributed by atoms with Crippen LogP contribution in [0.1, 0.15) is 25.0 Å². The first-order valence-corrected chi connectivity index (χ1v) is 14.1. The van der Waals surface area contributed by atoms with E-state index in [9.17, 15) is 4.79 Å². The molecule has 0 aliphatic heterocycles. The summed E-state index contributed by atoms with van der Waals surface area (Å²) in [5, 5.41) is 9.60. The summed E-state index contributed by atoms with van der Waals surface area (Å²) in [5.74, 6) is 1.83. The average Bonchev–Trinajstić information content (AvgIpc) is 2.97. The molecule has 0 unspecified atom stereocenters. The lowest BCUT2D eigenvalue weighted by Crippen LogP contribution is -2.27. The number of hydrogen-bond donors (Lipinski definition) is 3. The number of benzene rings is 3. The van der Waals surface area contributed by atoms with Crippen LogP contribution in [-0.2, 0) is 0 Å². The van der Waals surface area contributed by atoms with Crippen molar-refractivity contribution in [3.8, 4) is 34.4 Å². The van der Waals surface area contributed by atoms with Gasteiger partial charge in [0, 0.05) is 36.0 Å². The molecule has 0 spiro atoms. The van der Waals surface area contributed by atoms with Crippen LogP contribution in [0.25, 0.3) is 11.3 Å². The Morgan fingerprint density at radius 3 is 2.49 bits per heavy atom. The molecule has 4 aromatic rings. The lowest BCUT2D eigenvalue weighted by molar-refractivity contribution is 0.213. The molecule has 0 bridgehead atoms. The van der Waals surface area contributed by atoms with Crippen LogP contribution in [0.2, 0.25) is 5.02 Å². The van der Waals surface area contributed by atoms with Gasteiger partial charge < -0.3 is 29.6 Å². The molecular weight excluding hydrogens is 570 g/mol. The molecule has 3 aromatic carbocycles. The quantitative estimate of drug-likeness (QED) is 0.145. The van der Waals surface area contributed by atoms with E-state index in [0.717, 1.165) is 16.7 Å². The summed E-state index contributed by atoms with van der Waals surface area (Å²) in [4.78, 5) is 22.1. The molecule has 0 aliphatic carbocycles. The van der Waals surface area contributed by atoms with Crippen LogP contribution < -0.4 is 34.9 Å². The molecule has 0 saturated carbocycles. The number of methoxy groups -OCH3 is 2. The second kappa shape index (κ2) is 14.6. The topological polar surface area (TPSA) is 116 Å². The molecular formula is C32H36ClN5O5. The molecule has 11 heteroatoms. The third-order valence-corrected chi connectivity index (χ3v) is 6.82. The number of anilines is 3. The Kier molecular flexibility index (Phi) is 10.6. The summed E-state index contributed by atoms with van der Waals surface area (Å²) < 4.78 is 22.0. The van der Waals surface area contributed by atoms with Gasteiger partial charge in [-0.15, -0.1) is 0 Å². The Morgan fingerprint density at radius 1 is 0.953 bits per heavy atom. The van der Waals surface area contributed by atoms with Gasteiger partial charge >= 0.3 is 6.09 Å². The Balaban J connectivity index is 1.58. The fraction of sp³-hybridized carbons (Fsp3) is 0.281. The minimum absolute atomic E-state index is 0.0436. The number of amides is 1. The molecule has 0 aliphatic rings. The van der Waals surface area contributed by atoms with Crippen molar-refractivity contribution in [3.05, 3.63) is 76.8 Å². The summed E-state index contributed by atoms with van der Waals surface area (Å²) >= 11 is 6.50. The summed E-state index contributed by atoms with van der Waals surface area (Å²) in [7, 11) is 3.05. The van der Waals surface area contributed by atoms with Crippen molar-refractivity contribution in [2.75, 3.05) is 38.0 Å². The third-order valence-electron chi connectivity index (χ3n) is 6.53. The van der Waals surface area contributed by atoms with E-state index in [1.807, 2.05) is 38.1 Å². The Hall–Kier alpha value is -4.54. The number of halogens is 1. The van der Waals surface area contributed by atoms with E-state index in [1.54, 1.807) is 43.5 Å². The van der Waals surface area contributed by atoms with Crippen LogP contribution in [0.5, 0.6) is 23.1 Å². The van der Waals surface area contributed by atoms with E-state index in [4.69, 9.17) is 35.5 Å². The van der Waals surface area contributed by atoms with Gasteiger partial charge in [-0.3, -0.25) is 5.32 Å². The first-order chi connectivity index (χ1) is 20.7. The number of aryl methyl sites for hydroxylation is 1. The zero-order chi connectivity index (χ0) is 30.9. The maximum atomic E-state index is 12.9. The van der Waals surface area contributed by atoms with Gasteiger partial charge in [0.1, 0.15) is 23.9 Å². The maximum Gasteiger partial charge on any atom is 0.418 e. The van der Waals surface area contributed by atoms with Crippen molar-refractivity contribution in [1.29, 1.82) is 0 Å². The zero-order valence-electron chi connectivity index (χ0n) is 25.1. The van der Waals surface area contributed by atoms with Crippen molar-refractivity contribution >= 4 is 35.0 Å². The van der Waals surface area contributed by atoms with Gasteiger partial charge in [-0.1, -0.05) is 43.6 Å². The second-order valence-electron chi connectivity index (χ2n) is 9.97. The highest BCUT2D eigenvalue weighted by molar-refractivity contribution is 6.32. The first-order valence-electron chi connectivity index (χ1n) is 13.8. The maximum absolute atomic E-state index is 12.9. The van der Waals surface area contributed by atoms with Gasteiger partial charge in [0.05, 0.1) is 30.6 Å². The van der Waals surface area contributed by atoms with Gasteiger partial charge in [-0.2, -0.15) is 4.98 Å². The number of nitrogens with zero attached hydrogens (tertiary/aromatic N) is 2. The van der Waals surface area contributed by atoms with E-state index in [2.05, 4.69) is 34.8 Å². The molecule has 0 saturated heterocycles. The van der Waals surface area contributed by atoms with Gasteiger partial charge in [0.25, 0.3) is 0 Å². The lowest BCUT2D eigenvalue weighted by Gasteiger charge is -2.14. The van der Waals surface area contributed by atoms with Crippen LogP contribution in [0.15, 0.2) is 60.7 Å². The van der Waals surface area contributed by atoms with E-state index >= 15 is 0 Å². The van der Waals surface area contributed by atoms with E-state index in [0.29, 0.717) is 58.5 Å². The second-order valence-corrected chi connectivity index (χ2v) is 10.4. The van der Waals surface area contributed by atoms with Crippen molar-refractivity contribution in [2.24, 2.45) is 0 Å². The number of nitrogens with one attached hydrogen (secondary N) is 3. The first kappa shape index (κ1) is 31.4. The molecule has 0 radical (unpaired) electrons. The van der Waals surface area contributed by atoms with E-state index < -0.39 is 6.09 Å². The normalized spacial score (nSPS) is 10.8. The standard InChI is InChI=1S/C32H36ClN5O5/c1-19(2)34-14-15-42-28-13-10-22(16-25(28)33)35-31-36-27(24-9-7-8-20(3)21(24)4)18-30(38-31)43-32(39)37-26-12-11-23(40-5)17-29(26)41-6/h7-13,16-19,34H,14-15H2,1-6H3,(H,37,39)(H,35,36,38). The number of carbonyl (C=O) groups excluding carboxylic acids is 1. The van der Waals surface area contributed by atoms with E-state index in [1.165, 1.54) is 7.11 Å². The van der Waals surface area contributed by atoms with Gasteiger partial charge in [-0.25, -0.2) is 9.78 Å². The molecule has 4 rings (SSSR count). The summed E-state index contributed by atoms with van der Waals surface area (Å²) in [6.07, 6.45) is -0.753. The third kappa shape index (κ3) is 8.50. The van der Waals surface area contributed by atoms with Crippen LogP contribution in [-0.4, -0.2) is 49.5 Å². The van der Waals surface area contributed by atoms with Crippen molar-refractivity contribution in [3.63, 3.8) is 0 Å². The minimum Gasteiger partial charge on any atom is -0.497 e. The highest BCUT2D eigenvalue weighted by Gasteiger charge is 2.16. The average molecular weight is 606 g/mol. The number of hydrogen-bond acceptors (Lipinski definition) is 9. The van der Waals surface area contributed by atoms with Crippen LogP contribution in [0.4, 0.5) is 22.1 Å². The highest BCUT2D eigenvalue weighted by atomic mass is 35.5. The molecule has 1 aromatic heterocycles. The fourth-order valence-electron chi connectivity index (χ4n) is 4.17. The number of ether oxygens (including phenoxy) is 4. The Morgan fingerprint density at radius 2 is 1.77 bits per heavy atom. The van der Waals surface area contributed by atoms with Crippen LogP contribution >= 0.6 is 11.6 Å². The molecule has 1 heterocycles. The molecule has 226 valence electrons. The molecule has 10 nitrogen and oxygen atoms in total. The van der Waals surface area contributed by atoms with Crippen LogP contribution in [0, 0.1) is 13.8 Å². The summed E-state index contributed by atoms with van der Waals surface area (Å²) in [6, 6.07) is 18.3. The van der Waals surface area contributed by atoms with Gasteiger partial charge in [0.15, 0.2) is 0 Å².